The highest BCUT2D eigenvalue weighted by Gasteiger charge is 2.48. The Morgan fingerprint density at radius 2 is 1.71 bits per heavy atom. The van der Waals surface area contributed by atoms with Crippen LogP contribution in [-0.2, 0) is 9.59 Å². The van der Waals surface area contributed by atoms with Crippen molar-refractivity contribution in [2.24, 2.45) is 17.8 Å². The van der Waals surface area contributed by atoms with Crippen LogP contribution >= 0.6 is 0 Å². The number of carbonyl (C=O) groups excluding carboxylic acids is 2. The minimum absolute atomic E-state index is 0.0104. The fraction of sp³-hybridized carbons (Fsp3) is 0.529. The highest BCUT2D eigenvalue weighted by Crippen LogP contribution is 2.39. The van der Waals surface area contributed by atoms with Gasteiger partial charge in [-0.2, -0.15) is 0 Å². The van der Waals surface area contributed by atoms with Crippen LogP contribution in [0.2, 0.25) is 0 Å². The molecule has 2 rings (SSSR count). The summed E-state index contributed by atoms with van der Waals surface area (Å²) >= 11 is 0. The van der Waals surface area contributed by atoms with E-state index in [2.05, 4.69) is 24.5 Å². The molecule has 1 saturated carbocycles. The standard InChI is InChI=1S/C17H24N2O2/c1-11(2)10-18-16(20)14-9-15(14)17(21)19-12(3)13-7-5-4-6-8-13/h4-8,11-12,14-15H,9-10H2,1-3H3,(H,18,20)(H,19,21). The Labute approximate surface area is 126 Å². The lowest BCUT2D eigenvalue weighted by Gasteiger charge is -2.14. The Hall–Kier alpha value is -1.84. The van der Waals surface area contributed by atoms with E-state index < -0.39 is 0 Å². The van der Waals surface area contributed by atoms with Crippen molar-refractivity contribution in [1.29, 1.82) is 0 Å². The lowest BCUT2D eigenvalue weighted by Crippen LogP contribution is -2.32. The van der Waals surface area contributed by atoms with Crippen LogP contribution in [0.3, 0.4) is 0 Å². The second-order valence-electron chi connectivity index (χ2n) is 6.23. The molecule has 0 aromatic heterocycles. The molecule has 1 aliphatic carbocycles. The molecule has 1 aromatic carbocycles. The van der Waals surface area contributed by atoms with Gasteiger partial charge in [0, 0.05) is 6.54 Å². The Morgan fingerprint density at radius 3 is 2.33 bits per heavy atom. The highest BCUT2D eigenvalue weighted by molar-refractivity contribution is 5.92. The first-order valence-electron chi connectivity index (χ1n) is 7.62. The lowest BCUT2D eigenvalue weighted by molar-refractivity contribution is -0.127. The number of rotatable bonds is 6. The first-order valence-corrected chi connectivity index (χ1v) is 7.62. The van der Waals surface area contributed by atoms with Gasteiger partial charge in [0.05, 0.1) is 17.9 Å². The van der Waals surface area contributed by atoms with Crippen molar-refractivity contribution < 1.29 is 9.59 Å². The minimum atomic E-state index is -0.164. The summed E-state index contributed by atoms with van der Waals surface area (Å²) in [5, 5.41) is 5.88. The van der Waals surface area contributed by atoms with E-state index >= 15 is 0 Å². The number of nitrogens with one attached hydrogen (secondary N) is 2. The SMILES string of the molecule is CC(C)CNC(=O)C1CC1C(=O)NC(C)c1ccccc1. The first-order chi connectivity index (χ1) is 9.99. The molecule has 1 fully saturated rings. The van der Waals surface area contributed by atoms with E-state index in [0.717, 1.165) is 5.56 Å². The molecular weight excluding hydrogens is 264 g/mol. The molecular formula is C17H24N2O2. The summed E-state index contributed by atoms with van der Waals surface area (Å²) in [7, 11) is 0. The molecule has 114 valence electrons. The van der Waals surface area contributed by atoms with Crippen molar-refractivity contribution in [3.05, 3.63) is 35.9 Å². The van der Waals surface area contributed by atoms with Gasteiger partial charge in [0.15, 0.2) is 0 Å². The van der Waals surface area contributed by atoms with Gasteiger partial charge in [0.2, 0.25) is 11.8 Å². The minimum Gasteiger partial charge on any atom is -0.356 e. The summed E-state index contributed by atoms with van der Waals surface area (Å²) in [5.41, 5.74) is 1.08. The van der Waals surface area contributed by atoms with Crippen molar-refractivity contribution in [3.63, 3.8) is 0 Å². The Bertz CT molecular complexity index is 499. The zero-order chi connectivity index (χ0) is 15.4. The van der Waals surface area contributed by atoms with E-state index in [1.807, 2.05) is 37.3 Å². The maximum absolute atomic E-state index is 12.2. The van der Waals surface area contributed by atoms with Crippen LogP contribution in [0.25, 0.3) is 0 Å². The van der Waals surface area contributed by atoms with Crippen molar-refractivity contribution in [3.8, 4) is 0 Å². The molecule has 2 N–H and O–H groups in total. The molecule has 0 saturated heterocycles. The van der Waals surface area contributed by atoms with E-state index in [9.17, 15) is 9.59 Å². The van der Waals surface area contributed by atoms with E-state index in [-0.39, 0.29) is 29.7 Å². The van der Waals surface area contributed by atoms with Gasteiger partial charge >= 0.3 is 0 Å². The molecule has 0 bridgehead atoms. The normalized spacial score (nSPS) is 21.7. The summed E-state index contributed by atoms with van der Waals surface area (Å²) in [6.07, 6.45) is 0.664. The summed E-state index contributed by atoms with van der Waals surface area (Å²) < 4.78 is 0. The Kier molecular flexibility index (Phi) is 4.99. The van der Waals surface area contributed by atoms with Crippen LogP contribution in [0.1, 0.15) is 38.8 Å². The first kappa shape index (κ1) is 15.5. The summed E-state index contributed by atoms with van der Waals surface area (Å²) in [6.45, 7) is 6.74. The number of amides is 2. The molecule has 0 radical (unpaired) electrons. The van der Waals surface area contributed by atoms with Gasteiger partial charge in [0.25, 0.3) is 0 Å². The second kappa shape index (κ2) is 6.74. The average Bonchev–Trinajstić information content (AvgIpc) is 3.26. The number of hydrogen-bond donors (Lipinski definition) is 2. The third-order valence-corrected chi connectivity index (χ3v) is 3.81. The second-order valence-corrected chi connectivity index (χ2v) is 6.23. The lowest BCUT2D eigenvalue weighted by atomic mass is 10.1. The van der Waals surface area contributed by atoms with E-state index in [0.29, 0.717) is 18.9 Å². The van der Waals surface area contributed by atoms with Crippen LogP contribution in [0.15, 0.2) is 30.3 Å². The van der Waals surface area contributed by atoms with E-state index in [4.69, 9.17) is 0 Å². The van der Waals surface area contributed by atoms with Crippen LogP contribution in [0.4, 0.5) is 0 Å². The topological polar surface area (TPSA) is 58.2 Å². The maximum Gasteiger partial charge on any atom is 0.224 e. The van der Waals surface area contributed by atoms with Gasteiger partial charge in [0.1, 0.15) is 0 Å². The average molecular weight is 288 g/mol. The number of benzene rings is 1. The van der Waals surface area contributed by atoms with Crippen molar-refractivity contribution in [2.75, 3.05) is 6.54 Å². The molecule has 21 heavy (non-hydrogen) atoms. The van der Waals surface area contributed by atoms with Crippen LogP contribution in [0.5, 0.6) is 0 Å². The Balaban J connectivity index is 1.79. The monoisotopic (exact) mass is 288 g/mol. The maximum atomic E-state index is 12.2. The van der Waals surface area contributed by atoms with Crippen LogP contribution in [0, 0.1) is 17.8 Å². The molecule has 2 amide bonds. The van der Waals surface area contributed by atoms with Gasteiger partial charge in [-0.3, -0.25) is 9.59 Å². The highest BCUT2D eigenvalue weighted by atomic mass is 16.2. The molecule has 4 nitrogen and oxygen atoms in total. The quantitative estimate of drug-likeness (QED) is 0.843. The van der Waals surface area contributed by atoms with E-state index in [1.54, 1.807) is 0 Å². The number of carbonyl (C=O) groups is 2. The van der Waals surface area contributed by atoms with Gasteiger partial charge in [-0.15, -0.1) is 0 Å². The Morgan fingerprint density at radius 1 is 1.10 bits per heavy atom. The third kappa shape index (κ3) is 4.31. The molecule has 1 aromatic rings. The molecule has 0 heterocycles. The van der Waals surface area contributed by atoms with Crippen LogP contribution < -0.4 is 10.6 Å². The zero-order valence-corrected chi connectivity index (χ0v) is 12.9. The largest absolute Gasteiger partial charge is 0.356 e. The molecule has 1 aliphatic rings. The molecule has 3 atom stereocenters. The van der Waals surface area contributed by atoms with Gasteiger partial charge < -0.3 is 10.6 Å². The number of hydrogen-bond acceptors (Lipinski definition) is 2. The van der Waals surface area contributed by atoms with Crippen molar-refractivity contribution in [1.82, 2.24) is 10.6 Å². The summed E-state index contributed by atoms with van der Waals surface area (Å²) in [4.78, 5) is 24.0. The predicted molar refractivity (Wildman–Crippen MR) is 82.4 cm³/mol. The predicted octanol–water partition coefficient (Wildman–Crippen LogP) is 2.27. The van der Waals surface area contributed by atoms with Crippen LogP contribution in [-0.4, -0.2) is 18.4 Å². The van der Waals surface area contributed by atoms with Gasteiger partial charge in [-0.25, -0.2) is 0 Å². The van der Waals surface area contributed by atoms with E-state index in [1.165, 1.54) is 0 Å². The fourth-order valence-electron chi connectivity index (χ4n) is 2.36. The summed E-state index contributed by atoms with van der Waals surface area (Å²) in [5.74, 6) is 0.111. The molecule has 3 unspecified atom stereocenters. The zero-order valence-electron chi connectivity index (χ0n) is 12.9. The van der Waals surface area contributed by atoms with Crippen molar-refractivity contribution >= 4 is 11.8 Å². The summed E-state index contributed by atoms with van der Waals surface area (Å²) in [6, 6.07) is 9.82. The molecule has 0 aliphatic heterocycles. The molecule has 0 spiro atoms. The third-order valence-electron chi connectivity index (χ3n) is 3.81. The smallest absolute Gasteiger partial charge is 0.224 e. The van der Waals surface area contributed by atoms with Gasteiger partial charge in [-0.05, 0) is 24.8 Å². The van der Waals surface area contributed by atoms with Gasteiger partial charge in [-0.1, -0.05) is 44.2 Å². The fourth-order valence-corrected chi connectivity index (χ4v) is 2.36. The molecule has 4 heteroatoms. The van der Waals surface area contributed by atoms with Crippen molar-refractivity contribution in [2.45, 2.75) is 33.2 Å².